The second-order valence-electron chi connectivity index (χ2n) is 6.41. The van der Waals surface area contributed by atoms with Gasteiger partial charge in [0, 0.05) is 18.6 Å². The van der Waals surface area contributed by atoms with Crippen molar-refractivity contribution < 1.29 is 9.13 Å². The molecule has 0 aliphatic carbocycles. The van der Waals surface area contributed by atoms with E-state index >= 15 is 0 Å². The molecule has 0 amide bonds. The van der Waals surface area contributed by atoms with Crippen LogP contribution in [-0.2, 0) is 0 Å². The van der Waals surface area contributed by atoms with Gasteiger partial charge in [-0.05, 0) is 48.5 Å². The number of aromatic nitrogens is 2. The molecule has 4 rings (SSSR count). The number of aromatic amines is 1. The van der Waals surface area contributed by atoms with E-state index in [2.05, 4.69) is 5.10 Å². The Balaban J connectivity index is 1.81. The van der Waals surface area contributed by atoms with Crippen molar-refractivity contribution in [1.29, 1.82) is 0 Å². The maximum absolute atomic E-state index is 13.1. The summed E-state index contributed by atoms with van der Waals surface area (Å²) in [5.41, 5.74) is 0.947. The quantitative estimate of drug-likeness (QED) is 0.706. The van der Waals surface area contributed by atoms with E-state index in [4.69, 9.17) is 27.9 Å². The highest BCUT2D eigenvalue weighted by Crippen LogP contribution is 2.22. The van der Waals surface area contributed by atoms with Crippen molar-refractivity contribution in [3.63, 3.8) is 0 Å². The van der Waals surface area contributed by atoms with E-state index in [1.165, 1.54) is 16.8 Å². The Morgan fingerprint density at radius 1 is 1.18 bits per heavy atom. The van der Waals surface area contributed by atoms with Crippen LogP contribution in [0, 0.1) is 5.82 Å². The van der Waals surface area contributed by atoms with Gasteiger partial charge in [0.05, 0.1) is 27.0 Å². The summed E-state index contributed by atoms with van der Waals surface area (Å²) in [6.07, 6.45) is 1.92. The fourth-order valence-corrected chi connectivity index (χ4v) is 3.47. The van der Waals surface area contributed by atoms with E-state index in [-0.39, 0.29) is 18.0 Å². The van der Waals surface area contributed by atoms with Gasteiger partial charge < -0.3 is 9.64 Å². The highest BCUT2D eigenvalue weighted by atomic mass is 35.5. The Hall–Kier alpha value is -2.70. The number of halogens is 3. The molecule has 0 radical (unpaired) electrons. The first-order valence-electron chi connectivity index (χ1n) is 8.53. The van der Waals surface area contributed by atoms with Gasteiger partial charge in [-0.15, -0.1) is 0 Å². The number of fused-ring (bicyclic) bond motifs is 1. The minimum Gasteiger partial charge on any atom is -0.487 e. The molecule has 0 spiro atoms. The molecule has 3 aromatic rings. The highest BCUT2D eigenvalue weighted by molar-refractivity contribution is 6.34. The van der Waals surface area contributed by atoms with Gasteiger partial charge in [0.15, 0.2) is 0 Å². The molecule has 8 heteroatoms. The van der Waals surface area contributed by atoms with E-state index in [0.717, 1.165) is 5.70 Å². The lowest BCUT2D eigenvalue weighted by Crippen LogP contribution is -2.45. The van der Waals surface area contributed by atoms with Crippen LogP contribution in [-0.4, -0.2) is 34.9 Å². The van der Waals surface area contributed by atoms with Crippen molar-refractivity contribution in [2.75, 3.05) is 20.2 Å². The van der Waals surface area contributed by atoms with Gasteiger partial charge in [-0.1, -0.05) is 23.2 Å². The molecule has 1 aliphatic heterocycles. The van der Waals surface area contributed by atoms with Gasteiger partial charge in [0.2, 0.25) is 0 Å². The summed E-state index contributed by atoms with van der Waals surface area (Å²) in [6, 6.07) is 10.7. The summed E-state index contributed by atoms with van der Waals surface area (Å²) in [6.45, 7) is 0.775. The number of H-pyrrole nitrogens is 1. The number of nitrogens with one attached hydrogen (secondary N) is 1. The number of nitrogens with zero attached hydrogens (tertiary/aromatic N) is 2. The Morgan fingerprint density at radius 3 is 2.68 bits per heavy atom. The van der Waals surface area contributed by atoms with Crippen LogP contribution in [0.4, 0.5) is 4.39 Å². The van der Waals surface area contributed by atoms with E-state index in [0.29, 0.717) is 38.6 Å². The molecule has 2 aromatic carbocycles. The van der Waals surface area contributed by atoms with E-state index in [1.807, 2.05) is 18.0 Å². The molecule has 2 heterocycles. The number of ether oxygens (including phenoxy) is 1. The predicted molar refractivity (Wildman–Crippen MR) is 108 cm³/mol. The highest BCUT2D eigenvalue weighted by Gasteiger charge is 2.18. The topological polar surface area (TPSA) is 50.3 Å². The fraction of sp³-hybridized carbons (Fsp3) is 0.150. The van der Waals surface area contributed by atoms with E-state index < -0.39 is 0 Å². The summed E-state index contributed by atoms with van der Waals surface area (Å²) in [7, 11) is 1.88. The van der Waals surface area contributed by atoms with Crippen LogP contribution in [0.1, 0.15) is 0 Å². The monoisotopic (exact) mass is 419 g/mol. The van der Waals surface area contributed by atoms with Crippen LogP contribution in [0.3, 0.4) is 0 Å². The van der Waals surface area contributed by atoms with Crippen LogP contribution < -0.4 is 20.9 Å². The van der Waals surface area contributed by atoms with Crippen molar-refractivity contribution in [3.05, 3.63) is 79.2 Å². The van der Waals surface area contributed by atoms with E-state index in [1.54, 1.807) is 30.3 Å². The zero-order valence-electron chi connectivity index (χ0n) is 14.9. The van der Waals surface area contributed by atoms with Crippen molar-refractivity contribution >= 4 is 35.0 Å². The van der Waals surface area contributed by atoms with Crippen molar-refractivity contribution in [1.82, 2.24) is 14.7 Å². The average molecular weight is 420 g/mol. The molecule has 1 aliphatic rings. The largest absolute Gasteiger partial charge is 0.487 e. The molecule has 0 saturated heterocycles. The van der Waals surface area contributed by atoms with Crippen LogP contribution in [0.2, 0.25) is 10.0 Å². The van der Waals surface area contributed by atoms with Gasteiger partial charge in [-0.25, -0.2) is 9.07 Å². The number of hydrogen-bond donors (Lipinski definition) is 1. The minimum atomic E-state index is -0.335. The van der Waals surface area contributed by atoms with E-state index in [9.17, 15) is 9.18 Å². The summed E-state index contributed by atoms with van der Waals surface area (Å²) >= 11 is 12.3. The molecular formula is C20H16Cl2FN3O2. The Labute approximate surface area is 169 Å². The molecule has 0 bridgehead atoms. The molecule has 0 atom stereocenters. The third-order valence-electron chi connectivity index (χ3n) is 4.58. The number of benzene rings is 2. The summed E-state index contributed by atoms with van der Waals surface area (Å²) < 4.78 is 20.2. The molecule has 1 N–H and O–H groups in total. The van der Waals surface area contributed by atoms with Crippen molar-refractivity contribution in [3.8, 4) is 11.4 Å². The number of hydrogen-bond acceptors (Lipinski definition) is 3. The molecule has 144 valence electrons. The molecule has 5 nitrogen and oxygen atoms in total. The molecule has 28 heavy (non-hydrogen) atoms. The second-order valence-corrected chi connectivity index (χ2v) is 7.25. The molecule has 0 unspecified atom stereocenters. The maximum atomic E-state index is 13.1. The van der Waals surface area contributed by atoms with Crippen molar-refractivity contribution in [2.45, 2.75) is 0 Å². The van der Waals surface area contributed by atoms with Gasteiger partial charge in [-0.2, -0.15) is 0 Å². The third-order valence-corrected chi connectivity index (χ3v) is 5.13. The second kappa shape index (κ2) is 7.37. The van der Waals surface area contributed by atoms with Gasteiger partial charge >= 0.3 is 0 Å². The normalized spacial score (nSPS) is 13.3. The van der Waals surface area contributed by atoms with Gasteiger partial charge in [0.25, 0.3) is 5.56 Å². The van der Waals surface area contributed by atoms with Crippen LogP contribution in [0.25, 0.3) is 17.5 Å². The Kier molecular flexibility index (Phi) is 4.91. The van der Waals surface area contributed by atoms with Crippen molar-refractivity contribution in [2.24, 2.45) is 0 Å². The average Bonchev–Trinajstić information content (AvgIpc) is 3.01. The smallest absolute Gasteiger partial charge is 0.281 e. The summed E-state index contributed by atoms with van der Waals surface area (Å²) in [5, 5.41) is 5.17. The van der Waals surface area contributed by atoms with Crippen LogP contribution in [0.5, 0.6) is 5.75 Å². The molecule has 0 fully saturated rings. The SMILES string of the molecule is CN1CC=c2[nH]n(-c3cc(Cl)ccc3Cl)c(=O)c2=C1COc1ccc(F)cc1. The zero-order chi connectivity index (χ0) is 19.8. The Bertz CT molecular complexity index is 1220. The first kappa shape index (κ1) is 18.7. The summed E-state index contributed by atoms with van der Waals surface area (Å²) in [5.74, 6) is 0.186. The first-order chi connectivity index (χ1) is 13.4. The molecular weight excluding hydrogens is 404 g/mol. The zero-order valence-corrected chi connectivity index (χ0v) is 16.4. The lowest BCUT2D eigenvalue weighted by atomic mass is 10.2. The first-order valence-corrected chi connectivity index (χ1v) is 9.29. The summed E-state index contributed by atoms with van der Waals surface area (Å²) in [4.78, 5) is 15.1. The minimum absolute atomic E-state index is 0.166. The lowest BCUT2D eigenvalue weighted by Gasteiger charge is -2.23. The maximum Gasteiger partial charge on any atom is 0.281 e. The third kappa shape index (κ3) is 3.41. The molecule has 0 saturated carbocycles. The van der Waals surface area contributed by atoms with Crippen LogP contribution >= 0.6 is 23.2 Å². The standard InChI is InChI=1S/C20H16Cl2FN3O2/c1-25-9-8-16-19(18(25)11-28-14-5-3-13(23)4-6-14)20(27)26(24-16)17-10-12(21)2-7-15(17)22/h2-8,10,24H,9,11H2,1H3. The van der Waals surface area contributed by atoms with Gasteiger partial charge in [-0.3, -0.25) is 9.89 Å². The lowest BCUT2D eigenvalue weighted by molar-refractivity contribution is 0.337. The van der Waals surface area contributed by atoms with Gasteiger partial charge in [0.1, 0.15) is 18.2 Å². The fourth-order valence-electron chi connectivity index (χ4n) is 3.10. The Morgan fingerprint density at radius 2 is 1.93 bits per heavy atom. The van der Waals surface area contributed by atoms with Crippen LogP contribution in [0.15, 0.2) is 47.3 Å². The number of rotatable bonds is 4. The number of likely N-dealkylation sites (N-methyl/N-ethyl adjacent to an activating group) is 1. The molecule has 1 aromatic heterocycles. The predicted octanol–water partition coefficient (Wildman–Crippen LogP) is 2.52.